The number of hydrogen-bond acceptors (Lipinski definition) is 9. The summed E-state index contributed by atoms with van der Waals surface area (Å²) in [5.74, 6) is -1.93. The summed E-state index contributed by atoms with van der Waals surface area (Å²) < 4.78 is 127. The summed E-state index contributed by atoms with van der Waals surface area (Å²) in [5.41, 5.74) is -0.976. The van der Waals surface area contributed by atoms with E-state index in [1.54, 1.807) is 30.3 Å². The van der Waals surface area contributed by atoms with Crippen molar-refractivity contribution >= 4 is 28.9 Å². The smallest absolute Gasteiger partial charge is 0.247 e. The topological polar surface area (TPSA) is 110 Å². The molecule has 2 aromatic carbocycles. The number of anilines is 4. The van der Waals surface area contributed by atoms with E-state index in [0.29, 0.717) is 5.56 Å². The van der Waals surface area contributed by atoms with E-state index in [4.69, 9.17) is 23.9 Å². The minimum Gasteiger partial charge on any atom is -0.494 e. The Morgan fingerprint density at radius 2 is 2.07 bits per heavy atom. The minimum absolute atomic E-state index is 0.0389. The lowest BCUT2D eigenvalue weighted by Gasteiger charge is -2.31. The van der Waals surface area contributed by atoms with Gasteiger partial charge in [-0.1, -0.05) is 36.9 Å². The zero-order chi connectivity index (χ0) is 41.1. The first-order valence-electron chi connectivity index (χ1n) is 19.0. The number of ether oxygens (including phenoxy) is 2. The first-order valence-corrected chi connectivity index (χ1v) is 12.0. The molecule has 5 rings (SSSR count). The number of methoxy groups -OCH3 is 1. The molecule has 1 aliphatic heterocycles. The predicted octanol–water partition coefficient (Wildman–Crippen LogP) is 4.10. The van der Waals surface area contributed by atoms with Crippen LogP contribution in [0.4, 0.5) is 23.0 Å². The molecule has 4 aromatic rings. The summed E-state index contributed by atoms with van der Waals surface area (Å²) >= 11 is 0. The van der Waals surface area contributed by atoms with Gasteiger partial charge in [-0.25, -0.2) is 9.67 Å². The van der Waals surface area contributed by atoms with Gasteiger partial charge in [0.25, 0.3) is 0 Å². The third kappa shape index (κ3) is 6.53. The SMILES string of the molecule is [2H]c1c(C([2H])([2H])N(C)C)c(-c2ccccc2)nn1-c1ccnc(Nc2cc(NC(=O)C=C)c(N3C([2H])([2H])C([2H])([2H])OC([2H])([2H])C3([2H])[2H])cc2OC([2H])([2H])[2H])n1. The van der Waals surface area contributed by atoms with Crippen LogP contribution in [0.3, 0.4) is 0 Å². The van der Waals surface area contributed by atoms with Crippen LogP contribution in [0.15, 0.2) is 73.6 Å². The molecule has 3 heterocycles. The van der Waals surface area contributed by atoms with Gasteiger partial charge < -0.3 is 29.9 Å². The Labute approximate surface area is 259 Å². The zero-order valence-corrected chi connectivity index (χ0v) is 21.9. The van der Waals surface area contributed by atoms with Crippen molar-refractivity contribution in [2.75, 3.05) is 62.8 Å². The molecule has 1 aliphatic rings. The Morgan fingerprint density at radius 1 is 1.27 bits per heavy atom. The second-order valence-corrected chi connectivity index (χ2v) is 8.51. The lowest BCUT2D eigenvalue weighted by Crippen LogP contribution is -2.36. The number of nitrogens with one attached hydrogen (secondary N) is 2. The first-order chi connectivity index (χ1) is 25.2. The second kappa shape index (κ2) is 12.6. The number of morpholine rings is 1. The Bertz CT molecular complexity index is 2080. The molecule has 2 aromatic heterocycles. The second-order valence-electron chi connectivity index (χ2n) is 8.51. The van der Waals surface area contributed by atoms with Crippen LogP contribution < -0.4 is 20.3 Å². The summed E-state index contributed by atoms with van der Waals surface area (Å²) in [6.07, 6.45) is 1.69. The molecule has 0 saturated carbocycles. The molecule has 0 atom stereocenters. The summed E-state index contributed by atoms with van der Waals surface area (Å²) in [6, 6.07) is 11.7. The van der Waals surface area contributed by atoms with Gasteiger partial charge in [-0.05, 0) is 26.2 Å². The molecule has 212 valence electrons. The Balaban J connectivity index is 1.70. The first kappa shape index (κ1) is 15.3. The molecule has 1 amide bonds. The number of rotatable bonds is 10. The van der Waals surface area contributed by atoms with E-state index in [2.05, 4.69) is 37.0 Å². The molecule has 0 spiro atoms. The molecule has 0 radical (unpaired) electrons. The molecule has 0 aliphatic carbocycles. The van der Waals surface area contributed by atoms with Crippen molar-refractivity contribution < 1.29 is 33.5 Å². The maximum Gasteiger partial charge on any atom is 0.247 e. The zero-order valence-electron chi connectivity index (χ0n) is 35.9. The Morgan fingerprint density at radius 3 is 2.80 bits per heavy atom. The molecule has 1 fully saturated rings. The summed E-state index contributed by atoms with van der Waals surface area (Å²) in [7, 11) is -0.205. The monoisotopic (exact) mass is 568 g/mol. The maximum atomic E-state index is 12.6. The van der Waals surface area contributed by atoms with Gasteiger partial charge in [0, 0.05) is 57.9 Å². The molecule has 41 heavy (non-hydrogen) atoms. The third-order valence-corrected chi connectivity index (χ3v) is 5.45. The van der Waals surface area contributed by atoms with E-state index in [9.17, 15) is 4.79 Å². The number of carbonyl (C=O) groups excluding carboxylic acids is 1. The third-order valence-electron chi connectivity index (χ3n) is 5.45. The van der Waals surface area contributed by atoms with Crippen LogP contribution in [-0.2, 0) is 16.0 Å². The van der Waals surface area contributed by atoms with E-state index in [1.165, 1.54) is 31.3 Å². The fourth-order valence-electron chi connectivity index (χ4n) is 3.72. The van der Waals surface area contributed by atoms with Gasteiger partial charge in [-0.2, -0.15) is 10.1 Å². The normalized spacial score (nSPS) is 23.8. The quantitative estimate of drug-likeness (QED) is 0.273. The van der Waals surface area contributed by atoms with Gasteiger partial charge in [0.15, 0.2) is 5.82 Å². The highest BCUT2D eigenvalue weighted by atomic mass is 16.5. The lowest BCUT2D eigenvalue weighted by molar-refractivity contribution is -0.111. The molecular weight excluding hydrogens is 520 g/mol. The standard InChI is InChI=1S/C30H34N8O3/c1-5-28(39)32-23-17-24(26(40-4)18-25(23)37-13-15-41-16-14-37)33-30-31-12-11-27(34-30)38-20-22(19-36(2)3)29(35-38)21-9-7-6-8-10-21/h5-12,17-18,20H,1,13-16,19H2,2-4H3,(H,32,39)(H,31,33,34)/i4D3,13D2,14D2,15D2,16D2,19D2,20D. The number of amides is 1. The van der Waals surface area contributed by atoms with Crippen LogP contribution in [0.1, 0.15) is 24.8 Å². The molecule has 0 bridgehead atoms. The molecule has 1 saturated heterocycles. The maximum absolute atomic E-state index is 12.6. The lowest BCUT2D eigenvalue weighted by atomic mass is 10.1. The van der Waals surface area contributed by atoms with E-state index >= 15 is 0 Å². The Kier molecular flexibility index (Phi) is 4.71. The van der Waals surface area contributed by atoms with Crippen LogP contribution in [0, 0.1) is 0 Å². The van der Waals surface area contributed by atoms with Crippen molar-refractivity contribution in [1.82, 2.24) is 24.6 Å². The fourth-order valence-corrected chi connectivity index (χ4v) is 3.72. The van der Waals surface area contributed by atoms with Gasteiger partial charge in [0.05, 0.1) is 59.4 Å². The summed E-state index contributed by atoms with van der Waals surface area (Å²) in [5, 5.41) is 9.57. The van der Waals surface area contributed by atoms with Gasteiger partial charge in [0.2, 0.25) is 11.9 Å². The van der Waals surface area contributed by atoms with E-state index in [1.807, 2.05) is 0 Å². The highest BCUT2D eigenvalue weighted by Crippen LogP contribution is 2.38. The highest BCUT2D eigenvalue weighted by molar-refractivity contribution is 6.02. The van der Waals surface area contributed by atoms with Gasteiger partial charge in [0.1, 0.15) is 5.75 Å². The molecule has 0 unspecified atom stereocenters. The van der Waals surface area contributed by atoms with Crippen LogP contribution in [0.5, 0.6) is 5.75 Å². The van der Waals surface area contributed by atoms with Crippen molar-refractivity contribution in [3.63, 3.8) is 0 Å². The Hall–Kier alpha value is -4.74. The number of carbonyl (C=O) groups is 1. The number of aromatic nitrogens is 4. The van der Waals surface area contributed by atoms with E-state index < -0.39 is 62.7 Å². The van der Waals surface area contributed by atoms with Gasteiger partial charge in [-0.3, -0.25) is 4.79 Å². The van der Waals surface area contributed by atoms with E-state index in [-0.39, 0.29) is 39.8 Å². The average molecular weight is 569 g/mol. The minimum atomic E-state index is -3.51. The molecule has 11 nitrogen and oxygen atoms in total. The van der Waals surface area contributed by atoms with Crippen molar-refractivity contribution in [3.8, 4) is 22.8 Å². The summed E-state index contributed by atoms with van der Waals surface area (Å²) in [4.78, 5) is 22.5. The van der Waals surface area contributed by atoms with Crippen molar-refractivity contribution in [2.45, 2.75) is 6.50 Å². The van der Waals surface area contributed by atoms with E-state index in [0.717, 1.165) is 22.9 Å². The van der Waals surface area contributed by atoms with Crippen molar-refractivity contribution in [3.05, 3.63) is 79.1 Å². The van der Waals surface area contributed by atoms with Crippen molar-refractivity contribution in [2.24, 2.45) is 0 Å². The molecule has 11 heteroatoms. The van der Waals surface area contributed by atoms with Gasteiger partial charge >= 0.3 is 0 Å². The average Bonchev–Trinajstić information content (AvgIpc) is 3.42. The van der Waals surface area contributed by atoms with Crippen LogP contribution in [0.2, 0.25) is 0 Å². The van der Waals surface area contributed by atoms with Crippen LogP contribution in [0.25, 0.3) is 17.1 Å². The fraction of sp³-hybridized carbons (Fsp3) is 0.267. The highest BCUT2D eigenvalue weighted by Gasteiger charge is 2.20. The van der Waals surface area contributed by atoms with Crippen LogP contribution >= 0.6 is 0 Å². The largest absolute Gasteiger partial charge is 0.494 e. The molecule has 2 N–H and O–H groups in total. The summed E-state index contributed by atoms with van der Waals surface area (Å²) in [6.45, 7) is -12.8. The number of nitrogens with zero attached hydrogens (tertiary/aromatic N) is 6. The predicted molar refractivity (Wildman–Crippen MR) is 160 cm³/mol. The van der Waals surface area contributed by atoms with Crippen LogP contribution in [-0.4, -0.2) is 77.8 Å². The van der Waals surface area contributed by atoms with Gasteiger partial charge in [-0.15, -0.1) is 0 Å². The number of benzene rings is 2. The molecular formula is C30H34N8O3. The van der Waals surface area contributed by atoms with Crippen molar-refractivity contribution in [1.29, 1.82) is 0 Å². The number of hydrogen-bond donors (Lipinski definition) is 2.